The molecule has 27 heavy (non-hydrogen) atoms. The maximum Gasteiger partial charge on any atom is 0.240 e. The largest absolute Gasteiger partial charge is 0.495 e. The molecular formula is C17H21ClN2O5S2. The van der Waals surface area contributed by atoms with Gasteiger partial charge in [0, 0.05) is 17.3 Å². The van der Waals surface area contributed by atoms with Crippen LogP contribution in [0.25, 0.3) is 0 Å². The zero-order chi connectivity index (χ0) is 19.9. The van der Waals surface area contributed by atoms with Gasteiger partial charge in [-0.3, -0.25) is 9.10 Å². The molecule has 0 saturated carbocycles. The van der Waals surface area contributed by atoms with Gasteiger partial charge in [0.15, 0.2) is 0 Å². The van der Waals surface area contributed by atoms with Crippen LogP contribution in [0.2, 0.25) is 5.02 Å². The maximum absolute atomic E-state index is 12.2. The van der Waals surface area contributed by atoms with E-state index in [9.17, 15) is 13.2 Å². The summed E-state index contributed by atoms with van der Waals surface area (Å²) < 4.78 is 35.8. The van der Waals surface area contributed by atoms with Crippen molar-refractivity contribution in [3.63, 3.8) is 0 Å². The van der Waals surface area contributed by atoms with Gasteiger partial charge in [-0.1, -0.05) is 11.6 Å². The fraction of sp³-hybridized carbons (Fsp3) is 0.353. The van der Waals surface area contributed by atoms with Crippen molar-refractivity contribution in [3.8, 4) is 5.75 Å². The number of rotatable bonds is 10. The molecule has 0 bridgehead atoms. The molecule has 1 amide bonds. The highest BCUT2D eigenvalue weighted by molar-refractivity contribution is 7.98. The number of benzene rings is 1. The predicted octanol–water partition coefficient (Wildman–Crippen LogP) is 2.76. The molecule has 1 aromatic carbocycles. The predicted molar refractivity (Wildman–Crippen MR) is 108 cm³/mol. The number of carbonyl (C=O) groups is 1. The monoisotopic (exact) mass is 432 g/mol. The van der Waals surface area contributed by atoms with Gasteiger partial charge in [-0.15, -0.1) is 0 Å². The van der Waals surface area contributed by atoms with E-state index in [-0.39, 0.29) is 12.2 Å². The average molecular weight is 433 g/mol. The molecule has 148 valence electrons. The first kappa shape index (κ1) is 21.5. The van der Waals surface area contributed by atoms with Crippen LogP contribution in [0.5, 0.6) is 5.75 Å². The quantitative estimate of drug-likeness (QED) is 0.581. The Hall–Kier alpha value is -1.84. The summed E-state index contributed by atoms with van der Waals surface area (Å²) in [7, 11) is -2.29. The normalized spacial score (nSPS) is 11.2. The molecule has 7 nitrogen and oxygen atoms in total. The van der Waals surface area contributed by atoms with E-state index in [0.29, 0.717) is 28.8 Å². The van der Waals surface area contributed by atoms with E-state index in [1.807, 2.05) is 12.1 Å². The number of carbonyl (C=O) groups excluding carboxylic acids is 1. The zero-order valence-corrected chi connectivity index (χ0v) is 17.4. The Labute approximate surface area is 168 Å². The van der Waals surface area contributed by atoms with Crippen LogP contribution in [-0.2, 0) is 20.6 Å². The summed E-state index contributed by atoms with van der Waals surface area (Å²) in [6.07, 6.45) is 2.64. The fourth-order valence-corrected chi connectivity index (χ4v) is 4.03. The summed E-state index contributed by atoms with van der Waals surface area (Å²) >= 11 is 7.58. The minimum absolute atomic E-state index is 0.217. The number of hydrogen-bond acceptors (Lipinski definition) is 6. The first-order valence-electron chi connectivity index (χ1n) is 7.99. The SMILES string of the molecule is COc1ccc(Cl)cc1N(CC(=O)NCCSCc1ccco1)S(C)(=O)=O. The van der Waals surface area contributed by atoms with Crippen LogP contribution in [0.1, 0.15) is 5.76 Å². The Balaban J connectivity index is 1.94. The van der Waals surface area contributed by atoms with Crippen LogP contribution in [-0.4, -0.2) is 46.5 Å². The van der Waals surface area contributed by atoms with Crippen LogP contribution >= 0.6 is 23.4 Å². The lowest BCUT2D eigenvalue weighted by Gasteiger charge is -2.24. The minimum atomic E-state index is -3.71. The molecule has 0 radical (unpaired) electrons. The Morgan fingerprint density at radius 1 is 1.37 bits per heavy atom. The van der Waals surface area contributed by atoms with Crippen LogP contribution in [0, 0.1) is 0 Å². The van der Waals surface area contributed by atoms with E-state index in [1.54, 1.807) is 30.2 Å². The van der Waals surface area contributed by atoms with Gasteiger partial charge in [0.1, 0.15) is 18.1 Å². The van der Waals surface area contributed by atoms with Crippen LogP contribution in [0.4, 0.5) is 5.69 Å². The van der Waals surface area contributed by atoms with Crippen molar-refractivity contribution in [2.75, 3.05) is 36.5 Å². The van der Waals surface area contributed by atoms with Gasteiger partial charge < -0.3 is 14.5 Å². The van der Waals surface area contributed by atoms with Gasteiger partial charge in [-0.25, -0.2) is 8.42 Å². The number of furan rings is 1. The summed E-state index contributed by atoms with van der Waals surface area (Å²) in [5, 5.41) is 3.06. The number of nitrogens with zero attached hydrogens (tertiary/aromatic N) is 1. The zero-order valence-electron chi connectivity index (χ0n) is 15.0. The van der Waals surface area contributed by atoms with Crippen molar-refractivity contribution in [1.82, 2.24) is 5.32 Å². The molecule has 0 fully saturated rings. The smallest absolute Gasteiger partial charge is 0.240 e. The number of anilines is 1. The Morgan fingerprint density at radius 2 is 2.15 bits per heavy atom. The fourth-order valence-electron chi connectivity index (χ4n) is 2.26. The summed E-state index contributed by atoms with van der Waals surface area (Å²) in [4.78, 5) is 12.2. The maximum atomic E-state index is 12.2. The molecule has 2 aromatic rings. The third kappa shape index (κ3) is 6.67. The molecule has 0 aliphatic heterocycles. The van der Waals surface area contributed by atoms with E-state index < -0.39 is 15.9 Å². The number of halogens is 1. The number of ether oxygens (including phenoxy) is 1. The average Bonchev–Trinajstić information content (AvgIpc) is 3.12. The van der Waals surface area contributed by atoms with Crippen molar-refractivity contribution >= 4 is 45.0 Å². The van der Waals surface area contributed by atoms with E-state index >= 15 is 0 Å². The van der Waals surface area contributed by atoms with Gasteiger partial charge in [0.05, 0.1) is 31.1 Å². The molecule has 2 rings (SSSR count). The molecule has 0 aliphatic carbocycles. The van der Waals surface area contributed by atoms with Gasteiger partial charge in [0.25, 0.3) is 0 Å². The van der Waals surface area contributed by atoms with Crippen molar-refractivity contribution in [2.24, 2.45) is 0 Å². The Bertz CT molecular complexity index is 856. The van der Waals surface area contributed by atoms with Crippen molar-refractivity contribution in [3.05, 3.63) is 47.4 Å². The Morgan fingerprint density at radius 3 is 2.78 bits per heavy atom. The lowest BCUT2D eigenvalue weighted by atomic mass is 10.3. The Kier molecular flexibility index (Phi) is 7.88. The molecule has 0 unspecified atom stereocenters. The topological polar surface area (TPSA) is 88.8 Å². The number of amides is 1. The van der Waals surface area contributed by atoms with Crippen molar-refractivity contribution in [1.29, 1.82) is 0 Å². The molecule has 10 heteroatoms. The third-order valence-corrected chi connectivity index (χ3v) is 5.83. The van der Waals surface area contributed by atoms with E-state index in [4.69, 9.17) is 20.8 Å². The molecular weight excluding hydrogens is 412 g/mol. The number of sulfonamides is 1. The number of hydrogen-bond donors (Lipinski definition) is 1. The standard InChI is InChI=1S/C17H21ClN2O5S2/c1-24-16-6-5-13(18)10-15(16)20(27(2,22)23)11-17(21)19-7-9-26-12-14-4-3-8-25-14/h3-6,8,10H,7,9,11-12H2,1-2H3,(H,19,21). The van der Waals surface area contributed by atoms with E-state index in [0.717, 1.165) is 16.3 Å². The molecule has 0 saturated heterocycles. The first-order chi connectivity index (χ1) is 12.8. The van der Waals surface area contributed by atoms with E-state index in [2.05, 4.69) is 5.32 Å². The lowest BCUT2D eigenvalue weighted by molar-refractivity contribution is -0.119. The van der Waals surface area contributed by atoms with Gasteiger partial charge in [-0.2, -0.15) is 11.8 Å². The number of nitrogens with one attached hydrogen (secondary N) is 1. The summed E-state index contributed by atoms with van der Waals surface area (Å²) in [5.74, 6) is 2.14. The second-order valence-corrected chi connectivity index (χ2v) is 9.02. The minimum Gasteiger partial charge on any atom is -0.495 e. The van der Waals surface area contributed by atoms with Gasteiger partial charge >= 0.3 is 0 Å². The molecule has 0 atom stereocenters. The van der Waals surface area contributed by atoms with E-state index in [1.165, 1.54) is 13.2 Å². The highest BCUT2D eigenvalue weighted by Gasteiger charge is 2.24. The van der Waals surface area contributed by atoms with Crippen molar-refractivity contribution < 1.29 is 22.4 Å². The van der Waals surface area contributed by atoms with Crippen LogP contribution < -0.4 is 14.4 Å². The highest BCUT2D eigenvalue weighted by Crippen LogP contribution is 2.32. The second-order valence-electron chi connectivity index (χ2n) is 5.57. The molecule has 1 aromatic heterocycles. The first-order valence-corrected chi connectivity index (χ1v) is 11.4. The van der Waals surface area contributed by atoms with Gasteiger partial charge in [0.2, 0.25) is 15.9 Å². The van der Waals surface area contributed by atoms with Gasteiger partial charge in [-0.05, 0) is 30.3 Å². The third-order valence-electron chi connectivity index (χ3n) is 3.49. The van der Waals surface area contributed by atoms with Crippen LogP contribution in [0.3, 0.4) is 0 Å². The summed E-state index contributed by atoms with van der Waals surface area (Å²) in [6, 6.07) is 8.29. The summed E-state index contributed by atoms with van der Waals surface area (Å²) in [5.41, 5.74) is 0.217. The second kappa shape index (κ2) is 9.91. The van der Waals surface area contributed by atoms with Crippen molar-refractivity contribution in [2.45, 2.75) is 5.75 Å². The molecule has 0 spiro atoms. The molecule has 1 N–H and O–H groups in total. The number of thioether (sulfide) groups is 1. The number of methoxy groups -OCH3 is 1. The van der Waals surface area contributed by atoms with Crippen LogP contribution in [0.15, 0.2) is 41.0 Å². The molecule has 0 aliphatic rings. The lowest BCUT2D eigenvalue weighted by Crippen LogP contribution is -2.41. The highest BCUT2D eigenvalue weighted by atomic mass is 35.5. The summed E-state index contributed by atoms with van der Waals surface area (Å²) in [6.45, 7) is 0.0485. The molecule has 1 heterocycles.